The summed E-state index contributed by atoms with van der Waals surface area (Å²) in [5, 5.41) is 10.6. The quantitative estimate of drug-likeness (QED) is 0.0169. The van der Waals surface area contributed by atoms with Gasteiger partial charge < -0.3 is 33.8 Å². The van der Waals surface area contributed by atoms with E-state index in [1.54, 1.807) is 6.08 Å². The van der Waals surface area contributed by atoms with Crippen molar-refractivity contribution in [1.29, 1.82) is 0 Å². The highest BCUT2D eigenvalue weighted by molar-refractivity contribution is 7.47. The molecule has 5 atom stereocenters. The van der Waals surface area contributed by atoms with Crippen LogP contribution in [-0.2, 0) is 65.4 Å². The summed E-state index contributed by atoms with van der Waals surface area (Å²) < 4.78 is 68.4. The number of allylic oxidation sites excluding steroid dienone is 17. The summed E-state index contributed by atoms with van der Waals surface area (Å²) in [6.07, 6.45) is 78.2. The van der Waals surface area contributed by atoms with Gasteiger partial charge in [0.2, 0.25) is 0 Å². The highest BCUT2D eigenvalue weighted by Crippen LogP contribution is 2.45. The van der Waals surface area contributed by atoms with Gasteiger partial charge in [0.05, 0.1) is 32.8 Å². The van der Waals surface area contributed by atoms with Crippen LogP contribution in [0.15, 0.2) is 109 Å². The fourth-order valence-corrected chi connectivity index (χ4v) is 11.9. The monoisotopic (exact) mass is 1450 g/mol. The number of aliphatic hydroxyl groups excluding tert-OH is 1. The molecule has 576 valence electrons. The summed E-state index contributed by atoms with van der Waals surface area (Å²) in [7, 11) is -9.98. The number of ether oxygens (including phenoxy) is 4. The Bertz CT molecular complexity index is 2320. The second-order valence-electron chi connectivity index (χ2n) is 25.9. The van der Waals surface area contributed by atoms with Gasteiger partial charge >= 0.3 is 39.5 Å². The lowest BCUT2D eigenvalue weighted by Gasteiger charge is -2.21. The smallest absolute Gasteiger partial charge is 0.462 e. The summed E-state index contributed by atoms with van der Waals surface area (Å²) in [4.78, 5) is 72.8. The first kappa shape index (κ1) is 95.7. The fourth-order valence-electron chi connectivity index (χ4n) is 10.3. The molecule has 0 aromatic rings. The van der Waals surface area contributed by atoms with Crippen molar-refractivity contribution < 1.29 is 80.2 Å². The second kappa shape index (κ2) is 73.0. The molecule has 5 unspecified atom stereocenters. The number of carbonyl (C=O) groups is 4. The van der Waals surface area contributed by atoms with Crippen molar-refractivity contribution in [3.63, 3.8) is 0 Å². The van der Waals surface area contributed by atoms with E-state index in [4.69, 9.17) is 37.0 Å². The standard InChI is InChI=1S/C81H140O17P2/c1-5-9-13-17-21-25-29-32-35-36-37-38-41-43-47-50-54-58-62-66-79(84)91-71-76(97-80(85)67-63-59-55-51-45-28-24-20-16-12-8-4)73-95-99(87,88)93-69-75(82)70-94-100(89,90)96-74-77(98-81(86)68-64-60-56-52-48-44-40-34-31-27-23-19-15-11-7-3)72-92-78(83)65-61-57-53-49-46-42-39-33-30-26-22-18-14-10-6-2/h10,14,21-22,25-26,32-35,37-40,46,49,57,61,75-77,82H,5-9,11-13,15-20,23-24,27-31,36,41-45,47-48,50-56,58-60,62-74H2,1-4H3,(H,87,88)(H,89,90)/b14-10-,25-21-,26-22-,35-32-,38-37-,39-33-,40-34-,49-46-,61-57-. The van der Waals surface area contributed by atoms with Crippen LogP contribution in [0.4, 0.5) is 0 Å². The van der Waals surface area contributed by atoms with Gasteiger partial charge in [0.15, 0.2) is 12.2 Å². The molecule has 0 fully saturated rings. The van der Waals surface area contributed by atoms with E-state index in [-0.39, 0.29) is 25.7 Å². The predicted molar refractivity (Wildman–Crippen MR) is 408 cm³/mol. The first-order valence-corrected chi connectivity index (χ1v) is 42.1. The molecule has 0 saturated heterocycles. The van der Waals surface area contributed by atoms with Crippen LogP contribution in [0, 0.1) is 0 Å². The number of phosphoric ester groups is 2. The van der Waals surface area contributed by atoms with Gasteiger partial charge in [-0.15, -0.1) is 0 Å². The van der Waals surface area contributed by atoms with Crippen LogP contribution in [-0.4, -0.2) is 96.7 Å². The number of carbonyl (C=O) groups excluding carboxylic acids is 4. The van der Waals surface area contributed by atoms with Crippen LogP contribution in [0.5, 0.6) is 0 Å². The molecular formula is C81H140O17P2. The van der Waals surface area contributed by atoms with E-state index in [0.29, 0.717) is 25.7 Å². The summed E-state index contributed by atoms with van der Waals surface area (Å²) in [5.41, 5.74) is 0. The molecule has 0 radical (unpaired) electrons. The molecule has 0 rings (SSSR count). The summed E-state index contributed by atoms with van der Waals surface area (Å²) in [6.45, 7) is 4.60. The SMILES string of the molecule is CC/C=C\C/C=C\C/C=C\C/C=C\C/C=C\CC(=O)OCC(COP(=O)(O)OCC(O)COP(=O)(O)OCC(COC(=O)CCCCCCCC/C=C\C/C=C\C/C=C\CCCCC)OC(=O)CCCCCCCCCCCCC)OC(=O)CCCCCCC/C=C\CCCCCCCC. The molecule has 0 bridgehead atoms. The zero-order valence-electron chi connectivity index (χ0n) is 62.8. The van der Waals surface area contributed by atoms with Crippen molar-refractivity contribution in [3.8, 4) is 0 Å². The molecular weight excluding hydrogens is 1310 g/mol. The third-order valence-electron chi connectivity index (χ3n) is 16.3. The third-order valence-corrected chi connectivity index (χ3v) is 18.2. The minimum Gasteiger partial charge on any atom is -0.462 e. The Balaban J connectivity index is 5.38. The molecule has 0 aromatic carbocycles. The molecule has 100 heavy (non-hydrogen) atoms. The third kappa shape index (κ3) is 72.1. The summed E-state index contributed by atoms with van der Waals surface area (Å²) in [5.74, 6) is -2.33. The molecule has 0 aliphatic heterocycles. The van der Waals surface area contributed by atoms with E-state index < -0.39 is 97.5 Å². The molecule has 0 amide bonds. The maximum atomic E-state index is 13.1. The van der Waals surface area contributed by atoms with E-state index in [1.165, 1.54) is 96.3 Å². The van der Waals surface area contributed by atoms with Gasteiger partial charge in [-0.3, -0.25) is 37.3 Å². The molecule has 19 heteroatoms. The van der Waals surface area contributed by atoms with Crippen molar-refractivity contribution in [2.45, 2.75) is 341 Å². The highest BCUT2D eigenvalue weighted by atomic mass is 31.2. The molecule has 0 aliphatic rings. The molecule has 3 N–H and O–H groups in total. The van der Waals surface area contributed by atoms with Crippen LogP contribution in [0.3, 0.4) is 0 Å². The van der Waals surface area contributed by atoms with Crippen molar-refractivity contribution in [2.24, 2.45) is 0 Å². The molecule has 0 saturated carbocycles. The topological polar surface area (TPSA) is 237 Å². The Hall–Kier alpha value is -4.28. The van der Waals surface area contributed by atoms with Gasteiger partial charge in [-0.25, -0.2) is 9.13 Å². The molecule has 17 nitrogen and oxygen atoms in total. The summed E-state index contributed by atoms with van der Waals surface area (Å²) in [6, 6.07) is 0. The Kier molecular flexibility index (Phi) is 69.9. The second-order valence-corrected chi connectivity index (χ2v) is 28.8. The number of aliphatic hydroxyl groups is 1. The minimum atomic E-state index is -4.99. The first-order valence-electron chi connectivity index (χ1n) is 39.1. The van der Waals surface area contributed by atoms with Crippen LogP contribution in [0.2, 0.25) is 0 Å². The van der Waals surface area contributed by atoms with Crippen molar-refractivity contribution in [2.75, 3.05) is 39.6 Å². The predicted octanol–water partition coefficient (Wildman–Crippen LogP) is 22.6. The Morgan fingerprint density at radius 3 is 0.920 bits per heavy atom. The van der Waals surface area contributed by atoms with Gasteiger partial charge in [0.1, 0.15) is 19.3 Å². The number of esters is 4. The number of hydrogen-bond donors (Lipinski definition) is 3. The van der Waals surface area contributed by atoms with E-state index >= 15 is 0 Å². The largest absolute Gasteiger partial charge is 0.472 e. The number of rotatable bonds is 73. The minimum absolute atomic E-state index is 0.0653. The zero-order valence-corrected chi connectivity index (χ0v) is 64.6. The summed E-state index contributed by atoms with van der Waals surface area (Å²) >= 11 is 0. The zero-order chi connectivity index (χ0) is 73.2. The maximum Gasteiger partial charge on any atom is 0.472 e. The first-order chi connectivity index (χ1) is 48.7. The van der Waals surface area contributed by atoms with Gasteiger partial charge in [0.25, 0.3) is 0 Å². The van der Waals surface area contributed by atoms with Gasteiger partial charge in [-0.2, -0.15) is 0 Å². The van der Waals surface area contributed by atoms with Crippen LogP contribution >= 0.6 is 15.6 Å². The Morgan fingerprint density at radius 2 is 0.560 bits per heavy atom. The van der Waals surface area contributed by atoms with Crippen LogP contribution in [0.1, 0.15) is 323 Å². The Morgan fingerprint density at radius 1 is 0.300 bits per heavy atom. The van der Waals surface area contributed by atoms with Crippen molar-refractivity contribution in [1.82, 2.24) is 0 Å². The van der Waals surface area contributed by atoms with Crippen molar-refractivity contribution in [3.05, 3.63) is 109 Å². The average molecular weight is 1450 g/mol. The lowest BCUT2D eigenvalue weighted by Crippen LogP contribution is -2.30. The lowest BCUT2D eigenvalue weighted by atomic mass is 10.1. The fraction of sp³-hybridized carbons (Fsp3) is 0.728. The Labute approximate surface area is 607 Å². The molecule has 0 aliphatic carbocycles. The normalized spacial score (nSPS) is 14.5. The van der Waals surface area contributed by atoms with Gasteiger partial charge in [-0.05, 0) is 116 Å². The number of unbranched alkanes of at least 4 members (excludes halogenated alkanes) is 30. The van der Waals surface area contributed by atoms with E-state index in [9.17, 15) is 43.2 Å². The van der Waals surface area contributed by atoms with E-state index in [0.717, 1.165) is 148 Å². The maximum absolute atomic E-state index is 13.1. The van der Waals surface area contributed by atoms with Gasteiger partial charge in [0, 0.05) is 19.3 Å². The van der Waals surface area contributed by atoms with Crippen LogP contribution in [0.25, 0.3) is 0 Å². The van der Waals surface area contributed by atoms with E-state index in [2.05, 4.69) is 113 Å². The number of phosphoric acid groups is 2. The molecule has 0 spiro atoms. The molecule has 0 heterocycles. The number of hydrogen-bond acceptors (Lipinski definition) is 15. The highest BCUT2D eigenvalue weighted by Gasteiger charge is 2.30. The molecule has 0 aromatic heterocycles. The average Bonchev–Trinajstić information content (AvgIpc) is 0.966. The van der Waals surface area contributed by atoms with Crippen molar-refractivity contribution >= 4 is 39.5 Å². The van der Waals surface area contributed by atoms with Crippen LogP contribution < -0.4 is 0 Å². The lowest BCUT2D eigenvalue weighted by molar-refractivity contribution is -0.161. The van der Waals surface area contributed by atoms with E-state index in [1.807, 2.05) is 18.2 Å². The van der Waals surface area contributed by atoms with Gasteiger partial charge in [-0.1, -0.05) is 291 Å².